The van der Waals surface area contributed by atoms with Crippen molar-refractivity contribution in [3.8, 4) is 0 Å². The number of hydrogen-bond donors (Lipinski definition) is 2. The van der Waals surface area contributed by atoms with Crippen LogP contribution in [0.25, 0.3) is 0 Å². The standard InChI is InChI=1S/C17H17Cl2FN2O/c1-10(12-4-3-5-13(18)8-12)21-11(2)17(23)22-16-9-14(19)6-7-15(16)20/h3-11,21H,1-2H3,(H,22,23). The second kappa shape index (κ2) is 7.77. The molecule has 23 heavy (non-hydrogen) atoms. The van der Waals surface area contributed by atoms with Crippen molar-refractivity contribution in [2.24, 2.45) is 0 Å². The molecule has 0 aliphatic heterocycles. The molecule has 0 aliphatic rings. The van der Waals surface area contributed by atoms with E-state index >= 15 is 0 Å². The molecule has 2 aromatic rings. The molecule has 2 atom stereocenters. The predicted octanol–water partition coefficient (Wildman–Crippen LogP) is 4.81. The first-order chi connectivity index (χ1) is 10.9. The lowest BCUT2D eigenvalue weighted by atomic mass is 10.1. The Morgan fingerprint density at radius 3 is 2.48 bits per heavy atom. The highest BCUT2D eigenvalue weighted by molar-refractivity contribution is 6.31. The maximum absolute atomic E-state index is 13.7. The number of nitrogens with one attached hydrogen (secondary N) is 2. The summed E-state index contributed by atoms with van der Waals surface area (Å²) in [4.78, 5) is 12.2. The van der Waals surface area contributed by atoms with E-state index in [0.717, 1.165) is 5.56 Å². The monoisotopic (exact) mass is 354 g/mol. The molecule has 122 valence electrons. The van der Waals surface area contributed by atoms with Gasteiger partial charge in [0, 0.05) is 16.1 Å². The maximum atomic E-state index is 13.7. The molecule has 2 N–H and O–H groups in total. The van der Waals surface area contributed by atoms with Gasteiger partial charge < -0.3 is 5.32 Å². The Labute approximate surface area is 144 Å². The van der Waals surface area contributed by atoms with E-state index in [1.807, 2.05) is 25.1 Å². The van der Waals surface area contributed by atoms with E-state index in [9.17, 15) is 9.18 Å². The van der Waals surface area contributed by atoms with Gasteiger partial charge in [-0.25, -0.2) is 4.39 Å². The van der Waals surface area contributed by atoms with Crippen LogP contribution in [0.3, 0.4) is 0 Å². The minimum absolute atomic E-state index is 0.0616. The largest absolute Gasteiger partial charge is 0.322 e. The topological polar surface area (TPSA) is 41.1 Å². The van der Waals surface area contributed by atoms with Gasteiger partial charge in [-0.1, -0.05) is 35.3 Å². The fourth-order valence-electron chi connectivity index (χ4n) is 2.16. The Bertz CT molecular complexity index is 709. The van der Waals surface area contributed by atoms with Gasteiger partial charge in [0.2, 0.25) is 5.91 Å². The Hall–Kier alpha value is -1.62. The third-order valence-electron chi connectivity index (χ3n) is 3.43. The number of rotatable bonds is 5. The van der Waals surface area contributed by atoms with Crippen LogP contribution in [0.15, 0.2) is 42.5 Å². The van der Waals surface area contributed by atoms with Crippen molar-refractivity contribution >= 4 is 34.8 Å². The van der Waals surface area contributed by atoms with E-state index in [2.05, 4.69) is 10.6 Å². The highest BCUT2D eigenvalue weighted by Crippen LogP contribution is 2.21. The van der Waals surface area contributed by atoms with Gasteiger partial charge in [0.25, 0.3) is 0 Å². The number of hydrogen-bond acceptors (Lipinski definition) is 2. The van der Waals surface area contributed by atoms with Crippen LogP contribution < -0.4 is 10.6 Å². The lowest BCUT2D eigenvalue weighted by Gasteiger charge is -2.20. The summed E-state index contributed by atoms with van der Waals surface area (Å²) in [7, 11) is 0. The van der Waals surface area contributed by atoms with Crippen LogP contribution >= 0.6 is 23.2 Å². The first-order valence-corrected chi connectivity index (χ1v) is 7.90. The molecule has 3 nitrogen and oxygen atoms in total. The first-order valence-electron chi connectivity index (χ1n) is 7.14. The number of amides is 1. The van der Waals surface area contributed by atoms with E-state index in [-0.39, 0.29) is 17.6 Å². The minimum Gasteiger partial charge on any atom is -0.322 e. The third-order valence-corrected chi connectivity index (χ3v) is 3.90. The Morgan fingerprint density at radius 1 is 1.09 bits per heavy atom. The van der Waals surface area contributed by atoms with E-state index in [1.165, 1.54) is 18.2 Å². The Balaban J connectivity index is 2.01. The quantitative estimate of drug-likeness (QED) is 0.808. The molecule has 0 spiro atoms. The van der Waals surface area contributed by atoms with Crippen LogP contribution in [0.2, 0.25) is 10.0 Å². The van der Waals surface area contributed by atoms with Gasteiger partial charge >= 0.3 is 0 Å². The second-order valence-electron chi connectivity index (χ2n) is 5.28. The molecule has 0 bridgehead atoms. The zero-order valence-corrected chi connectivity index (χ0v) is 14.3. The van der Waals surface area contributed by atoms with Crippen molar-refractivity contribution in [2.75, 3.05) is 5.32 Å². The number of benzene rings is 2. The average Bonchev–Trinajstić information content (AvgIpc) is 2.50. The SMILES string of the molecule is CC(NC(C)c1cccc(Cl)c1)C(=O)Nc1cc(Cl)ccc1F. The molecular formula is C17H17Cl2FN2O. The lowest BCUT2D eigenvalue weighted by Crippen LogP contribution is -2.39. The second-order valence-corrected chi connectivity index (χ2v) is 6.15. The van der Waals surface area contributed by atoms with Crippen molar-refractivity contribution in [1.29, 1.82) is 0 Å². The van der Waals surface area contributed by atoms with Crippen LogP contribution in [-0.2, 0) is 4.79 Å². The summed E-state index contributed by atoms with van der Waals surface area (Å²) in [6.45, 7) is 3.63. The molecule has 0 radical (unpaired) electrons. The van der Waals surface area contributed by atoms with E-state index in [0.29, 0.717) is 10.0 Å². The molecule has 2 unspecified atom stereocenters. The van der Waals surface area contributed by atoms with Gasteiger partial charge in [-0.2, -0.15) is 0 Å². The molecular weight excluding hydrogens is 338 g/mol. The summed E-state index contributed by atoms with van der Waals surface area (Å²) in [5, 5.41) is 6.67. The molecule has 2 aromatic carbocycles. The van der Waals surface area contributed by atoms with Crippen LogP contribution in [0.1, 0.15) is 25.5 Å². The van der Waals surface area contributed by atoms with Crippen molar-refractivity contribution < 1.29 is 9.18 Å². The smallest absolute Gasteiger partial charge is 0.241 e. The molecule has 0 fully saturated rings. The van der Waals surface area contributed by atoms with Crippen molar-refractivity contribution in [2.45, 2.75) is 25.9 Å². The van der Waals surface area contributed by atoms with Crippen molar-refractivity contribution in [3.63, 3.8) is 0 Å². The van der Waals surface area contributed by atoms with Crippen LogP contribution in [0.5, 0.6) is 0 Å². The Morgan fingerprint density at radius 2 is 1.78 bits per heavy atom. The fraction of sp³-hybridized carbons (Fsp3) is 0.235. The molecule has 0 aliphatic carbocycles. The van der Waals surface area contributed by atoms with Gasteiger partial charge in [-0.15, -0.1) is 0 Å². The first kappa shape index (κ1) is 17.7. The van der Waals surface area contributed by atoms with Crippen LogP contribution in [0.4, 0.5) is 10.1 Å². The molecule has 0 aromatic heterocycles. The number of anilines is 1. The normalized spacial score (nSPS) is 13.4. The summed E-state index contributed by atoms with van der Waals surface area (Å²) in [5.41, 5.74) is 1.03. The van der Waals surface area contributed by atoms with Gasteiger partial charge in [0.15, 0.2) is 0 Å². The lowest BCUT2D eigenvalue weighted by molar-refractivity contribution is -0.118. The van der Waals surface area contributed by atoms with Crippen molar-refractivity contribution in [1.82, 2.24) is 5.32 Å². The predicted molar refractivity (Wildman–Crippen MR) is 92.5 cm³/mol. The maximum Gasteiger partial charge on any atom is 0.241 e. The number of halogens is 3. The summed E-state index contributed by atoms with van der Waals surface area (Å²) in [6, 6.07) is 10.8. The molecule has 1 amide bonds. The summed E-state index contributed by atoms with van der Waals surface area (Å²) in [5.74, 6) is -0.877. The molecule has 0 saturated heterocycles. The zero-order chi connectivity index (χ0) is 17.0. The highest BCUT2D eigenvalue weighted by atomic mass is 35.5. The van der Waals surface area contributed by atoms with E-state index < -0.39 is 11.9 Å². The van der Waals surface area contributed by atoms with E-state index in [4.69, 9.17) is 23.2 Å². The Kier molecular flexibility index (Phi) is 5.99. The molecule has 0 heterocycles. The fourth-order valence-corrected chi connectivity index (χ4v) is 2.53. The number of carbonyl (C=O) groups excluding carboxylic acids is 1. The van der Waals surface area contributed by atoms with Gasteiger partial charge in [-0.3, -0.25) is 10.1 Å². The summed E-state index contributed by atoms with van der Waals surface area (Å²) in [6.07, 6.45) is 0. The molecule has 6 heteroatoms. The van der Waals surface area contributed by atoms with Crippen LogP contribution in [0, 0.1) is 5.82 Å². The van der Waals surface area contributed by atoms with Crippen LogP contribution in [-0.4, -0.2) is 11.9 Å². The zero-order valence-electron chi connectivity index (χ0n) is 12.7. The van der Waals surface area contributed by atoms with Gasteiger partial charge in [-0.05, 0) is 49.7 Å². The molecule has 2 rings (SSSR count). The third kappa shape index (κ3) is 4.93. The summed E-state index contributed by atoms with van der Waals surface area (Å²) >= 11 is 11.8. The number of carbonyl (C=O) groups is 1. The van der Waals surface area contributed by atoms with E-state index in [1.54, 1.807) is 13.0 Å². The average molecular weight is 355 g/mol. The molecule has 0 saturated carbocycles. The van der Waals surface area contributed by atoms with Crippen molar-refractivity contribution in [3.05, 3.63) is 63.9 Å². The summed E-state index contributed by atoms with van der Waals surface area (Å²) < 4.78 is 13.7. The highest BCUT2D eigenvalue weighted by Gasteiger charge is 2.18. The minimum atomic E-state index is -0.530. The van der Waals surface area contributed by atoms with Gasteiger partial charge in [0.1, 0.15) is 5.82 Å². The van der Waals surface area contributed by atoms with Gasteiger partial charge in [0.05, 0.1) is 11.7 Å².